The molecular formula is C25H34N2O2S. The van der Waals surface area contributed by atoms with Gasteiger partial charge in [-0.3, -0.25) is 9.59 Å². The molecule has 0 aliphatic heterocycles. The fraction of sp³-hybridized carbons (Fsp3) is 0.440. The van der Waals surface area contributed by atoms with E-state index in [4.69, 9.17) is 0 Å². The van der Waals surface area contributed by atoms with Gasteiger partial charge in [0.2, 0.25) is 11.8 Å². The van der Waals surface area contributed by atoms with Crippen molar-refractivity contribution in [2.45, 2.75) is 64.9 Å². The van der Waals surface area contributed by atoms with Crippen LogP contribution in [0.1, 0.15) is 50.8 Å². The van der Waals surface area contributed by atoms with E-state index < -0.39 is 6.04 Å². The maximum atomic E-state index is 13.1. The SMILES string of the molecule is Cc1ccc(CN(C(=O)CCSCc2ccccc2)[C@@H](C)C(=O)NC(C)(C)C)cc1. The number of carbonyl (C=O) groups excluding carboxylic acids is 2. The van der Waals surface area contributed by atoms with Crippen LogP contribution in [0.25, 0.3) is 0 Å². The third kappa shape index (κ3) is 8.23. The maximum Gasteiger partial charge on any atom is 0.242 e. The quantitative estimate of drug-likeness (QED) is 0.577. The first-order chi connectivity index (χ1) is 14.2. The molecule has 0 bridgehead atoms. The summed E-state index contributed by atoms with van der Waals surface area (Å²) in [5.41, 5.74) is 3.12. The molecule has 0 aliphatic rings. The molecule has 0 spiro atoms. The Labute approximate surface area is 185 Å². The van der Waals surface area contributed by atoms with Crippen LogP contribution in [0.4, 0.5) is 0 Å². The van der Waals surface area contributed by atoms with Crippen LogP contribution in [0.5, 0.6) is 0 Å². The van der Waals surface area contributed by atoms with Crippen LogP contribution in [0.3, 0.4) is 0 Å². The van der Waals surface area contributed by atoms with E-state index in [2.05, 4.69) is 17.4 Å². The lowest BCUT2D eigenvalue weighted by molar-refractivity contribution is -0.140. The van der Waals surface area contributed by atoms with Gasteiger partial charge in [0.25, 0.3) is 0 Å². The minimum atomic E-state index is -0.530. The van der Waals surface area contributed by atoms with Crippen molar-refractivity contribution < 1.29 is 9.59 Å². The average Bonchev–Trinajstić information content (AvgIpc) is 2.69. The van der Waals surface area contributed by atoms with Crippen molar-refractivity contribution in [2.24, 2.45) is 0 Å². The zero-order valence-electron chi connectivity index (χ0n) is 18.8. The van der Waals surface area contributed by atoms with E-state index >= 15 is 0 Å². The highest BCUT2D eigenvalue weighted by Crippen LogP contribution is 2.17. The van der Waals surface area contributed by atoms with Crippen molar-refractivity contribution in [3.63, 3.8) is 0 Å². The smallest absolute Gasteiger partial charge is 0.242 e. The summed E-state index contributed by atoms with van der Waals surface area (Å²) in [5.74, 6) is 1.49. The molecule has 0 fully saturated rings. The summed E-state index contributed by atoms with van der Waals surface area (Å²) in [4.78, 5) is 27.5. The third-order valence-corrected chi connectivity index (χ3v) is 5.74. The van der Waals surface area contributed by atoms with E-state index in [9.17, 15) is 9.59 Å². The molecule has 0 saturated heterocycles. The normalized spacial score (nSPS) is 12.3. The molecule has 30 heavy (non-hydrogen) atoms. The minimum Gasteiger partial charge on any atom is -0.350 e. The fourth-order valence-electron chi connectivity index (χ4n) is 3.01. The van der Waals surface area contributed by atoms with Gasteiger partial charge in [0.15, 0.2) is 0 Å². The van der Waals surface area contributed by atoms with E-state index in [1.807, 2.05) is 77.1 Å². The molecular weight excluding hydrogens is 392 g/mol. The fourth-order valence-corrected chi connectivity index (χ4v) is 3.91. The van der Waals surface area contributed by atoms with Crippen molar-refractivity contribution >= 4 is 23.6 Å². The van der Waals surface area contributed by atoms with E-state index in [0.29, 0.717) is 13.0 Å². The second-order valence-corrected chi connectivity index (χ2v) is 9.82. The van der Waals surface area contributed by atoms with Crippen LogP contribution < -0.4 is 5.32 Å². The van der Waals surface area contributed by atoms with Gasteiger partial charge in [0, 0.05) is 30.0 Å². The van der Waals surface area contributed by atoms with Crippen LogP contribution in [0.15, 0.2) is 54.6 Å². The predicted octanol–water partition coefficient (Wildman–Crippen LogP) is 4.95. The van der Waals surface area contributed by atoms with Crippen LogP contribution in [-0.4, -0.2) is 34.0 Å². The average molecular weight is 427 g/mol. The molecule has 1 atom stereocenters. The van der Waals surface area contributed by atoms with Crippen molar-refractivity contribution in [1.82, 2.24) is 10.2 Å². The molecule has 0 aromatic heterocycles. The Kier molecular flexibility index (Phi) is 8.97. The standard InChI is InChI=1S/C25H34N2O2S/c1-19-11-13-21(14-12-19)17-27(20(2)24(29)26-25(3,4)5)23(28)15-16-30-18-22-9-7-6-8-10-22/h6-14,20H,15-18H2,1-5H3,(H,26,29)/t20-/m0/s1. The number of carbonyl (C=O) groups is 2. The lowest BCUT2D eigenvalue weighted by Crippen LogP contribution is -2.52. The summed E-state index contributed by atoms with van der Waals surface area (Å²) in [6.07, 6.45) is 0.413. The van der Waals surface area contributed by atoms with Gasteiger partial charge in [-0.1, -0.05) is 60.2 Å². The van der Waals surface area contributed by atoms with Gasteiger partial charge in [-0.25, -0.2) is 0 Å². The minimum absolute atomic E-state index is 0.00713. The molecule has 2 amide bonds. The van der Waals surface area contributed by atoms with Crippen LogP contribution >= 0.6 is 11.8 Å². The van der Waals surface area contributed by atoms with Gasteiger partial charge in [-0.05, 0) is 45.7 Å². The van der Waals surface area contributed by atoms with E-state index in [0.717, 1.165) is 17.1 Å². The predicted molar refractivity (Wildman–Crippen MR) is 126 cm³/mol. The number of aryl methyl sites for hydroxylation is 1. The summed E-state index contributed by atoms with van der Waals surface area (Å²) in [5, 5.41) is 3.00. The Morgan fingerprint density at radius 1 is 1.00 bits per heavy atom. The van der Waals surface area contributed by atoms with Gasteiger partial charge in [-0.2, -0.15) is 11.8 Å². The summed E-state index contributed by atoms with van der Waals surface area (Å²) in [7, 11) is 0. The first kappa shape index (κ1) is 24.0. The number of amides is 2. The Balaban J connectivity index is 2.02. The Bertz CT molecular complexity index is 813. The van der Waals surface area contributed by atoms with Crippen molar-refractivity contribution in [2.75, 3.05) is 5.75 Å². The second kappa shape index (κ2) is 11.2. The number of nitrogens with one attached hydrogen (secondary N) is 1. The number of nitrogens with zero attached hydrogens (tertiary/aromatic N) is 1. The van der Waals surface area contributed by atoms with Gasteiger partial charge in [0.05, 0.1) is 0 Å². The van der Waals surface area contributed by atoms with Crippen molar-refractivity contribution in [3.05, 3.63) is 71.3 Å². The third-order valence-electron chi connectivity index (χ3n) is 4.71. The maximum absolute atomic E-state index is 13.1. The molecule has 0 unspecified atom stereocenters. The van der Waals surface area contributed by atoms with Crippen LogP contribution in [-0.2, 0) is 21.9 Å². The molecule has 4 nitrogen and oxygen atoms in total. The molecule has 2 rings (SSSR count). The molecule has 0 radical (unpaired) electrons. The van der Waals surface area contributed by atoms with Crippen LogP contribution in [0, 0.1) is 6.92 Å². The van der Waals surface area contributed by atoms with Gasteiger partial charge >= 0.3 is 0 Å². The topological polar surface area (TPSA) is 49.4 Å². The summed E-state index contributed by atoms with van der Waals surface area (Å²) in [6, 6.07) is 17.8. The zero-order chi connectivity index (χ0) is 22.1. The molecule has 2 aromatic rings. The number of rotatable bonds is 9. The molecule has 0 saturated carbocycles. The van der Waals surface area contributed by atoms with Crippen molar-refractivity contribution in [1.29, 1.82) is 0 Å². The van der Waals surface area contributed by atoms with Crippen LogP contribution in [0.2, 0.25) is 0 Å². The molecule has 162 valence electrons. The first-order valence-electron chi connectivity index (χ1n) is 10.4. The highest BCUT2D eigenvalue weighted by Gasteiger charge is 2.28. The van der Waals surface area contributed by atoms with E-state index in [1.54, 1.807) is 16.7 Å². The molecule has 2 aromatic carbocycles. The number of hydrogen-bond donors (Lipinski definition) is 1. The highest BCUT2D eigenvalue weighted by atomic mass is 32.2. The van der Waals surface area contributed by atoms with Gasteiger partial charge < -0.3 is 10.2 Å². The Morgan fingerprint density at radius 2 is 1.63 bits per heavy atom. The monoisotopic (exact) mass is 426 g/mol. The second-order valence-electron chi connectivity index (χ2n) is 8.71. The summed E-state index contributed by atoms with van der Waals surface area (Å²) >= 11 is 1.74. The van der Waals surface area contributed by atoms with Gasteiger partial charge in [0.1, 0.15) is 6.04 Å². The van der Waals surface area contributed by atoms with Crippen molar-refractivity contribution in [3.8, 4) is 0 Å². The molecule has 0 heterocycles. The zero-order valence-corrected chi connectivity index (χ0v) is 19.6. The number of hydrogen-bond acceptors (Lipinski definition) is 3. The molecule has 0 aliphatic carbocycles. The lowest BCUT2D eigenvalue weighted by Gasteiger charge is -2.31. The summed E-state index contributed by atoms with van der Waals surface area (Å²) in [6.45, 7) is 10.1. The number of thioether (sulfide) groups is 1. The highest BCUT2D eigenvalue weighted by molar-refractivity contribution is 7.98. The Hall–Kier alpha value is -2.27. The molecule has 1 N–H and O–H groups in total. The lowest BCUT2D eigenvalue weighted by atomic mass is 10.1. The summed E-state index contributed by atoms with van der Waals surface area (Å²) < 4.78 is 0. The Morgan fingerprint density at radius 3 is 2.23 bits per heavy atom. The van der Waals surface area contributed by atoms with E-state index in [-0.39, 0.29) is 17.4 Å². The molecule has 5 heteroatoms. The number of benzene rings is 2. The van der Waals surface area contributed by atoms with Gasteiger partial charge in [-0.15, -0.1) is 0 Å². The first-order valence-corrected chi connectivity index (χ1v) is 11.6. The largest absolute Gasteiger partial charge is 0.350 e. The van der Waals surface area contributed by atoms with E-state index in [1.165, 1.54) is 11.1 Å².